The number of para-hydroxylation sites is 1. The van der Waals surface area contributed by atoms with Crippen molar-refractivity contribution in [2.75, 3.05) is 4.90 Å². The minimum Gasteiger partial charge on any atom is -0.456 e. The first-order valence-electron chi connectivity index (χ1n) is 18.3. The van der Waals surface area contributed by atoms with E-state index >= 15 is 0 Å². The van der Waals surface area contributed by atoms with Gasteiger partial charge >= 0.3 is 0 Å². The molecule has 0 saturated heterocycles. The maximum Gasteiger partial charge on any atom is 0.147 e. The van der Waals surface area contributed by atoms with Crippen LogP contribution in [0.25, 0.3) is 76.9 Å². The quantitative estimate of drug-likeness (QED) is 0.181. The number of furan rings is 2. The van der Waals surface area contributed by atoms with Gasteiger partial charge < -0.3 is 13.7 Å². The minimum atomic E-state index is -0.163. The van der Waals surface area contributed by atoms with Crippen molar-refractivity contribution < 1.29 is 8.83 Å². The predicted molar refractivity (Wildman–Crippen MR) is 223 cm³/mol. The molecule has 254 valence electrons. The number of benzene rings is 8. The van der Waals surface area contributed by atoms with Gasteiger partial charge in [-0.15, -0.1) is 0 Å². The zero-order valence-electron chi connectivity index (χ0n) is 29.9. The van der Waals surface area contributed by atoms with Crippen molar-refractivity contribution in [1.29, 1.82) is 0 Å². The van der Waals surface area contributed by atoms with Gasteiger partial charge in [-0.3, -0.25) is 0 Å². The van der Waals surface area contributed by atoms with Crippen LogP contribution in [0.3, 0.4) is 0 Å². The smallest absolute Gasteiger partial charge is 0.147 e. The van der Waals surface area contributed by atoms with Crippen LogP contribution in [-0.2, 0) is 5.41 Å². The van der Waals surface area contributed by atoms with Gasteiger partial charge in [0.05, 0.1) is 22.1 Å². The molecule has 0 atom stereocenters. The van der Waals surface area contributed by atoms with Gasteiger partial charge in [-0.25, -0.2) is 0 Å². The topological polar surface area (TPSA) is 29.5 Å². The zero-order valence-corrected chi connectivity index (χ0v) is 29.9. The molecule has 0 N–H and O–H groups in total. The van der Waals surface area contributed by atoms with E-state index in [1.165, 1.54) is 27.6 Å². The van der Waals surface area contributed by atoms with E-state index in [0.29, 0.717) is 0 Å². The lowest BCUT2D eigenvalue weighted by Gasteiger charge is -2.29. The molecule has 3 nitrogen and oxygen atoms in total. The SMILES string of the molecule is CC(C)(C)c1ccc(N(c2ccc(-c3ccccc3)cc2)c2ccc(-c3ccccc3)c3ccccc23)c2c1oc1ccc3c4ccccc4oc3c12. The highest BCUT2D eigenvalue weighted by molar-refractivity contribution is 6.26. The van der Waals surface area contributed by atoms with Crippen molar-refractivity contribution in [1.82, 2.24) is 0 Å². The Morgan fingerprint density at radius 3 is 1.74 bits per heavy atom. The molecule has 3 heteroatoms. The van der Waals surface area contributed by atoms with Crippen LogP contribution in [0.4, 0.5) is 17.1 Å². The van der Waals surface area contributed by atoms with Crippen molar-refractivity contribution in [3.8, 4) is 22.3 Å². The number of rotatable bonds is 5. The van der Waals surface area contributed by atoms with Gasteiger partial charge in [-0.05, 0) is 75.5 Å². The van der Waals surface area contributed by atoms with E-state index in [2.05, 4.69) is 183 Å². The Morgan fingerprint density at radius 2 is 1.00 bits per heavy atom. The van der Waals surface area contributed by atoms with E-state index in [9.17, 15) is 0 Å². The van der Waals surface area contributed by atoms with Crippen molar-refractivity contribution in [3.05, 3.63) is 175 Å². The Bertz CT molecular complexity index is 2960. The third-order valence-electron chi connectivity index (χ3n) is 10.6. The second-order valence-corrected chi connectivity index (χ2v) is 14.9. The first-order chi connectivity index (χ1) is 25.9. The summed E-state index contributed by atoms with van der Waals surface area (Å²) in [5, 5.41) is 6.57. The zero-order chi connectivity index (χ0) is 35.7. The van der Waals surface area contributed by atoms with Crippen LogP contribution in [0, 0.1) is 0 Å². The average molecular weight is 684 g/mol. The lowest BCUT2D eigenvalue weighted by atomic mass is 9.85. The summed E-state index contributed by atoms with van der Waals surface area (Å²) in [5.41, 5.74) is 12.3. The Balaban J connectivity index is 1.32. The molecule has 2 heterocycles. The highest BCUT2D eigenvalue weighted by atomic mass is 16.3. The number of fused-ring (bicyclic) bond motifs is 8. The van der Waals surface area contributed by atoms with Crippen molar-refractivity contribution in [2.45, 2.75) is 26.2 Å². The maximum atomic E-state index is 6.93. The standard InChI is InChI=1S/C50H37NO2/c1-50(2,3)41-28-30-43(46-47-45(53-49(41)46)31-27-40-39-20-12-13-21-44(39)52-48(40)47)51(35-24-22-33(23-25-35)32-14-6-4-7-15-32)42-29-26-36(34-16-8-5-9-17-34)37-18-10-11-19-38(37)42/h4-31H,1-3H3. The molecule has 0 aliphatic carbocycles. The predicted octanol–water partition coefficient (Wildman–Crippen LogP) is 14.7. The molecular formula is C50H37NO2. The van der Waals surface area contributed by atoms with E-state index in [-0.39, 0.29) is 5.41 Å². The van der Waals surface area contributed by atoms with Crippen LogP contribution >= 0.6 is 0 Å². The fraction of sp³-hybridized carbons (Fsp3) is 0.0800. The van der Waals surface area contributed by atoms with E-state index < -0.39 is 0 Å². The molecule has 53 heavy (non-hydrogen) atoms. The molecule has 10 aromatic rings. The fourth-order valence-electron chi connectivity index (χ4n) is 8.09. The molecule has 0 amide bonds. The monoisotopic (exact) mass is 683 g/mol. The third-order valence-corrected chi connectivity index (χ3v) is 10.6. The van der Waals surface area contributed by atoms with Gasteiger partial charge in [0, 0.05) is 27.4 Å². The Morgan fingerprint density at radius 1 is 0.396 bits per heavy atom. The molecule has 10 rings (SSSR count). The molecule has 0 aliphatic heterocycles. The molecule has 2 aromatic heterocycles. The van der Waals surface area contributed by atoms with Gasteiger partial charge in [0.1, 0.15) is 22.3 Å². The maximum absolute atomic E-state index is 6.93. The summed E-state index contributed by atoms with van der Waals surface area (Å²) in [7, 11) is 0. The molecule has 0 spiro atoms. The molecule has 8 aromatic carbocycles. The number of hydrogen-bond acceptors (Lipinski definition) is 3. The van der Waals surface area contributed by atoms with E-state index in [0.717, 1.165) is 71.9 Å². The van der Waals surface area contributed by atoms with Crippen molar-refractivity contribution >= 4 is 71.7 Å². The normalized spacial score (nSPS) is 12.1. The summed E-state index contributed by atoms with van der Waals surface area (Å²) in [5.74, 6) is 0. The molecular weight excluding hydrogens is 647 g/mol. The first kappa shape index (κ1) is 31.2. The number of anilines is 3. The van der Waals surface area contributed by atoms with Crippen molar-refractivity contribution in [3.63, 3.8) is 0 Å². The summed E-state index contributed by atoms with van der Waals surface area (Å²) in [6.07, 6.45) is 0. The molecule has 0 aliphatic rings. The van der Waals surface area contributed by atoms with E-state index in [1.54, 1.807) is 0 Å². The van der Waals surface area contributed by atoms with Gasteiger partial charge in [0.25, 0.3) is 0 Å². The second-order valence-electron chi connectivity index (χ2n) is 14.9. The van der Waals surface area contributed by atoms with Crippen molar-refractivity contribution in [2.24, 2.45) is 0 Å². The Hall–Kier alpha value is -6.58. The highest BCUT2D eigenvalue weighted by Gasteiger charge is 2.28. The fourth-order valence-corrected chi connectivity index (χ4v) is 8.09. The first-order valence-corrected chi connectivity index (χ1v) is 18.3. The van der Waals surface area contributed by atoms with Gasteiger partial charge in [0.15, 0.2) is 0 Å². The molecule has 0 unspecified atom stereocenters. The van der Waals surface area contributed by atoms with Crippen LogP contribution in [0.5, 0.6) is 0 Å². The van der Waals surface area contributed by atoms with Crippen LogP contribution in [0.1, 0.15) is 26.3 Å². The van der Waals surface area contributed by atoms with E-state index in [1.807, 2.05) is 12.1 Å². The van der Waals surface area contributed by atoms with Crippen LogP contribution in [-0.4, -0.2) is 0 Å². The second kappa shape index (κ2) is 12.0. The summed E-state index contributed by atoms with van der Waals surface area (Å²) in [6.45, 7) is 6.75. The third kappa shape index (κ3) is 5.03. The van der Waals surface area contributed by atoms with Gasteiger partial charge in [0.2, 0.25) is 0 Å². The molecule has 0 fully saturated rings. The summed E-state index contributed by atoms with van der Waals surface area (Å²) in [6, 6.07) is 60.5. The van der Waals surface area contributed by atoms with Crippen LogP contribution < -0.4 is 4.90 Å². The summed E-state index contributed by atoms with van der Waals surface area (Å²) >= 11 is 0. The van der Waals surface area contributed by atoms with Crippen LogP contribution in [0.2, 0.25) is 0 Å². The summed E-state index contributed by atoms with van der Waals surface area (Å²) < 4.78 is 13.7. The number of hydrogen-bond donors (Lipinski definition) is 0. The van der Waals surface area contributed by atoms with E-state index in [4.69, 9.17) is 8.83 Å². The average Bonchev–Trinajstić information content (AvgIpc) is 3.78. The number of nitrogens with zero attached hydrogens (tertiary/aromatic N) is 1. The Kier molecular flexibility index (Phi) is 7.06. The largest absolute Gasteiger partial charge is 0.456 e. The van der Waals surface area contributed by atoms with Crippen LogP contribution in [0.15, 0.2) is 179 Å². The highest BCUT2D eigenvalue weighted by Crippen LogP contribution is 2.50. The Labute approximate surface area is 308 Å². The minimum absolute atomic E-state index is 0.163. The lowest BCUT2D eigenvalue weighted by Crippen LogP contribution is -2.14. The molecule has 0 saturated carbocycles. The molecule has 0 bridgehead atoms. The lowest BCUT2D eigenvalue weighted by molar-refractivity contribution is 0.573. The summed E-state index contributed by atoms with van der Waals surface area (Å²) in [4.78, 5) is 2.41. The van der Waals surface area contributed by atoms with Gasteiger partial charge in [-0.2, -0.15) is 0 Å². The van der Waals surface area contributed by atoms with Gasteiger partial charge in [-0.1, -0.05) is 148 Å². The molecule has 0 radical (unpaired) electrons.